The molecule has 0 fully saturated rings. The molecule has 180 valence electrons. The smallest absolute Gasteiger partial charge is 0.337 e. The van der Waals surface area contributed by atoms with Crippen molar-refractivity contribution in [3.05, 3.63) is 42.0 Å². The first-order chi connectivity index (χ1) is 15.5. The van der Waals surface area contributed by atoms with Gasteiger partial charge in [-0.1, -0.05) is 0 Å². The maximum absolute atomic E-state index is 12.6. The summed E-state index contributed by atoms with van der Waals surface area (Å²) < 4.78 is 41.8. The van der Waals surface area contributed by atoms with Crippen molar-refractivity contribution >= 4 is 33.3 Å². The minimum atomic E-state index is -3.78. The number of ether oxygens (including phenoxy) is 3. The number of anilines is 2. The number of sulfonamides is 1. The zero-order chi connectivity index (χ0) is 24.8. The molecule has 0 saturated heterocycles. The van der Waals surface area contributed by atoms with Crippen LogP contribution in [0.1, 0.15) is 24.2 Å². The van der Waals surface area contributed by atoms with Crippen LogP contribution in [0.2, 0.25) is 0 Å². The fraction of sp³-hybridized carbons (Fsp3) is 0.364. The molecule has 0 aliphatic carbocycles. The number of esters is 1. The van der Waals surface area contributed by atoms with E-state index in [0.29, 0.717) is 17.0 Å². The van der Waals surface area contributed by atoms with Gasteiger partial charge in [-0.05, 0) is 50.2 Å². The van der Waals surface area contributed by atoms with Gasteiger partial charge in [0.1, 0.15) is 16.4 Å². The quantitative estimate of drug-likeness (QED) is 0.499. The van der Waals surface area contributed by atoms with Crippen LogP contribution in [0, 0.1) is 0 Å². The summed E-state index contributed by atoms with van der Waals surface area (Å²) in [6.07, 6.45) is -0.125. The maximum atomic E-state index is 12.6. The molecule has 0 bridgehead atoms. The summed E-state index contributed by atoms with van der Waals surface area (Å²) in [7, 11) is 1.67. The van der Waals surface area contributed by atoms with Crippen molar-refractivity contribution in [2.24, 2.45) is 0 Å². The molecule has 33 heavy (non-hydrogen) atoms. The maximum Gasteiger partial charge on any atom is 0.337 e. The molecule has 0 unspecified atom stereocenters. The number of carbonyl (C=O) groups excluding carboxylic acids is 2. The van der Waals surface area contributed by atoms with E-state index in [2.05, 4.69) is 10.6 Å². The molecule has 1 amide bonds. The van der Waals surface area contributed by atoms with Crippen molar-refractivity contribution in [3.8, 4) is 11.5 Å². The van der Waals surface area contributed by atoms with Gasteiger partial charge < -0.3 is 24.8 Å². The second-order valence-corrected chi connectivity index (χ2v) is 9.54. The molecule has 0 aliphatic heterocycles. The molecule has 11 heteroatoms. The number of nitrogens with one attached hydrogen (secondary N) is 2. The van der Waals surface area contributed by atoms with E-state index < -0.39 is 21.9 Å². The number of hydrogen-bond donors (Lipinski definition) is 2. The molecule has 2 rings (SSSR count). The van der Waals surface area contributed by atoms with Crippen LogP contribution in [0.15, 0.2) is 41.3 Å². The van der Waals surface area contributed by atoms with Gasteiger partial charge in [0.2, 0.25) is 15.9 Å². The molecule has 0 aliphatic rings. The Morgan fingerprint density at radius 1 is 1.03 bits per heavy atom. The highest BCUT2D eigenvalue weighted by molar-refractivity contribution is 7.89. The van der Waals surface area contributed by atoms with Gasteiger partial charge in [0.05, 0.1) is 38.1 Å². The standard InChI is InChI=1S/C22H29N3O7S/c1-14(2)32-18-9-7-15(22(27)31-6)11-17(18)23-13-21(26)24-16-8-10-19(30-5)20(12-16)33(28,29)25(3)4/h7-12,14,23H,13H2,1-6H3,(H,24,26). The van der Waals surface area contributed by atoms with Crippen LogP contribution in [0.25, 0.3) is 0 Å². The van der Waals surface area contributed by atoms with Crippen molar-refractivity contribution in [2.45, 2.75) is 24.8 Å². The van der Waals surface area contributed by atoms with Gasteiger partial charge in [-0.25, -0.2) is 17.5 Å². The van der Waals surface area contributed by atoms with Crippen molar-refractivity contribution in [2.75, 3.05) is 45.5 Å². The van der Waals surface area contributed by atoms with Crippen molar-refractivity contribution in [3.63, 3.8) is 0 Å². The number of benzene rings is 2. The Labute approximate surface area is 193 Å². The van der Waals surface area contributed by atoms with Crippen molar-refractivity contribution < 1.29 is 32.2 Å². The lowest BCUT2D eigenvalue weighted by atomic mass is 10.2. The molecule has 2 aromatic rings. The number of nitrogens with zero attached hydrogens (tertiary/aromatic N) is 1. The van der Waals surface area contributed by atoms with E-state index in [9.17, 15) is 18.0 Å². The monoisotopic (exact) mass is 479 g/mol. The van der Waals surface area contributed by atoms with Crippen LogP contribution in [0.4, 0.5) is 11.4 Å². The topological polar surface area (TPSA) is 123 Å². The van der Waals surface area contributed by atoms with E-state index in [4.69, 9.17) is 14.2 Å². The Bertz CT molecular complexity index is 1110. The minimum Gasteiger partial charge on any atom is -0.495 e. The van der Waals surface area contributed by atoms with E-state index in [1.165, 1.54) is 52.6 Å². The van der Waals surface area contributed by atoms with Crippen LogP contribution in [-0.4, -0.2) is 65.6 Å². The van der Waals surface area contributed by atoms with Gasteiger partial charge >= 0.3 is 5.97 Å². The summed E-state index contributed by atoms with van der Waals surface area (Å²) in [4.78, 5) is 24.3. The fourth-order valence-electron chi connectivity index (χ4n) is 2.80. The number of carbonyl (C=O) groups is 2. The summed E-state index contributed by atoms with van der Waals surface area (Å²) in [5.41, 5.74) is 1.02. The highest BCUT2D eigenvalue weighted by Gasteiger charge is 2.23. The van der Waals surface area contributed by atoms with Crippen molar-refractivity contribution in [1.29, 1.82) is 0 Å². The van der Waals surface area contributed by atoms with Crippen LogP contribution >= 0.6 is 0 Å². The zero-order valence-electron chi connectivity index (χ0n) is 19.5. The number of hydrogen-bond acceptors (Lipinski definition) is 8. The van der Waals surface area contributed by atoms with E-state index in [1.807, 2.05) is 13.8 Å². The first-order valence-electron chi connectivity index (χ1n) is 10.0. The van der Waals surface area contributed by atoms with Crippen LogP contribution in [0.5, 0.6) is 11.5 Å². The lowest BCUT2D eigenvalue weighted by Gasteiger charge is -2.17. The average Bonchev–Trinajstić information content (AvgIpc) is 2.77. The fourth-order valence-corrected chi connectivity index (χ4v) is 3.88. The lowest BCUT2D eigenvalue weighted by molar-refractivity contribution is -0.114. The Morgan fingerprint density at radius 2 is 1.70 bits per heavy atom. The summed E-state index contributed by atoms with van der Waals surface area (Å²) in [5.74, 6) is -0.331. The highest BCUT2D eigenvalue weighted by atomic mass is 32.2. The van der Waals surface area contributed by atoms with Crippen LogP contribution in [-0.2, 0) is 19.6 Å². The molecular weight excluding hydrogens is 450 g/mol. The molecule has 2 N–H and O–H groups in total. The molecular formula is C22H29N3O7S. The Kier molecular flexibility index (Phi) is 8.66. The molecule has 0 radical (unpaired) electrons. The lowest BCUT2D eigenvalue weighted by Crippen LogP contribution is -2.24. The van der Waals surface area contributed by atoms with E-state index >= 15 is 0 Å². The molecule has 0 saturated carbocycles. The van der Waals surface area contributed by atoms with Gasteiger partial charge in [0, 0.05) is 19.8 Å². The zero-order valence-corrected chi connectivity index (χ0v) is 20.3. The van der Waals surface area contributed by atoms with Crippen LogP contribution < -0.4 is 20.1 Å². The Balaban J connectivity index is 2.21. The Morgan fingerprint density at radius 3 is 2.27 bits per heavy atom. The first-order valence-corrected chi connectivity index (χ1v) is 11.5. The van der Waals surface area contributed by atoms with Crippen LogP contribution in [0.3, 0.4) is 0 Å². The summed E-state index contributed by atoms with van der Waals surface area (Å²) in [5, 5.41) is 5.60. The number of rotatable bonds is 10. The summed E-state index contributed by atoms with van der Waals surface area (Å²) in [6, 6.07) is 9.06. The second kappa shape index (κ2) is 11.0. The third-order valence-electron chi connectivity index (χ3n) is 4.41. The van der Waals surface area contributed by atoms with Gasteiger partial charge in [-0.15, -0.1) is 0 Å². The summed E-state index contributed by atoms with van der Waals surface area (Å²) >= 11 is 0. The average molecular weight is 480 g/mol. The van der Waals surface area contributed by atoms with Gasteiger partial charge in [-0.3, -0.25) is 4.79 Å². The highest BCUT2D eigenvalue weighted by Crippen LogP contribution is 2.29. The third kappa shape index (κ3) is 6.59. The SMILES string of the molecule is COC(=O)c1ccc(OC(C)C)c(NCC(=O)Nc2ccc(OC)c(S(=O)(=O)N(C)C)c2)c1. The minimum absolute atomic E-state index is 0.0702. The van der Waals surface area contributed by atoms with Gasteiger partial charge in [0.25, 0.3) is 0 Å². The second-order valence-electron chi connectivity index (χ2n) is 7.42. The van der Waals surface area contributed by atoms with Gasteiger partial charge in [-0.2, -0.15) is 0 Å². The van der Waals surface area contributed by atoms with Gasteiger partial charge in [0.15, 0.2) is 0 Å². The summed E-state index contributed by atoms with van der Waals surface area (Å²) in [6.45, 7) is 3.54. The molecule has 2 aromatic carbocycles. The predicted octanol–water partition coefficient (Wildman–Crippen LogP) is 2.57. The van der Waals surface area contributed by atoms with Crippen molar-refractivity contribution in [1.82, 2.24) is 4.31 Å². The first kappa shape index (κ1) is 25.9. The normalized spacial score (nSPS) is 11.3. The van der Waals surface area contributed by atoms with E-state index in [1.54, 1.807) is 12.1 Å². The molecule has 0 spiro atoms. The molecule has 10 nitrogen and oxygen atoms in total. The number of amides is 1. The predicted molar refractivity (Wildman–Crippen MR) is 125 cm³/mol. The third-order valence-corrected chi connectivity index (χ3v) is 6.25. The van der Waals surface area contributed by atoms with E-state index in [0.717, 1.165) is 4.31 Å². The molecule has 0 atom stereocenters. The largest absolute Gasteiger partial charge is 0.495 e. The molecule has 0 heterocycles. The molecule has 0 aromatic heterocycles. The number of methoxy groups -OCH3 is 2. The Hall–Kier alpha value is -3.31. The van der Waals surface area contributed by atoms with E-state index in [-0.39, 0.29) is 29.0 Å².